The van der Waals surface area contributed by atoms with Crippen LogP contribution in [0.1, 0.15) is 0 Å². The van der Waals surface area contributed by atoms with E-state index in [4.69, 9.17) is 26.3 Å². The van der Waals surface area contributed by atoms with Crippen LogP contribution < -0.4 is 0 Å². The van der Waals surface area contributed by atoms with E-state index in [0.717, 1.165) is 0 Å². The van der Waals surface area contributed by atoms with Gasteiger partial charge in [0.2, 0.25) is 0 Å². The molecule has 103 valence electrons. The zero-order chi connectivity index (χ0) is 16.9. The molecule has 0 amide bonds. The van der Waals surface area contributed by atoms with Crippen LogP contribution in [0, 0.1) is 56.7 Å². The molecule has 0 saturated carbocycles. The van der Waals surface area contributed by atoms with Gasteiger partial charge in [0.1, 0.15) is 0 Å². The molecule has 0 radical (unpaired) electrons. The second-order valence-corrected chi connectivity index (χ2v) is 8.02. The van der Waals surface area contributed by atoms with Gasteiger partial charge in [-0.1, -0.05) is 0 Å². The summed E-state index contributed by atoms with van der Waals surface area (Å²) in [6, 6.07) is 3.22. The van der Waals surface area contributed by atoms with Gasteiger partial charge in [0, 0.05) is 0 Å². The first-order chi connectivity index (χ1) is 9.75. The molecule has 0 rings (SSSR count). The van der Waals surface area contributed by atoms with Crippen molar-refractivity contribution in [2.45, 2.75) is 0 Å². The molecular weight excluding hydrogens is 326 g/mol. The Morgan fingerprint density at radius 1 is 0.476 bits per heavy atom. The Morgan fingerprint density at radius 2 is 0.619 bits per heavy atom. The van der Waals surface area contributed by atoms with Gasteiger partial charge in [-0.3, -0.25) is 0 Å². The number of nitriles is 5. The Hall–Kier alpha value is -3.68. The van der Waals surface area contributed by atoms with Crippen molar-refractivity contribution in [3.05, 3.63) is 0 Å². The van der Waals surface area contributed by atoms with Gasteiger partial charge in [-0.25, -0.2) is 0 Å². The van der Waals surface area contributed by atoms with Gasteiger partial charge in [-0.15, -0.1) is 0 Å². The Balaban J connectivity index is 7.73. The van der Waals surface area contributed by atoms with Crippen LogP contribution in [-0.2, 0) is 35.8 Å². The molecule has 0 bridgehead atoms. The summed E-state index contributed by atoms with van der Waals surface area (Å²) < 4.78 is -11.6. The quantitative estimate of drug-likeness (QED) is 0.398. The fraction of sp³-hybridized carbons (Fsp3) is 0. The molecule has 10 nitrogen and oxygen atoms in total. The van der Waals surface area contributed by atoms with E-state index in [9.17, 15) is 24.0 Å². The monoisotopic (exact) mass is 326 g/mol. The van der Waals surface area contributed by atoms with Crippen LogP contribution in [0.2, 0.25) is 0 Å². The third-order valence-electron chi connectivity index (χ3n) is 2.03. The maximum atomic E-state index is 11.8. The second-order valence-electron chi connectivity index (χ2n) is 2.76. The standard InChI is InChI=1S/5C2NO.Fe/c5*3-1-2-4;. The van der Waals surface area contributed by atoms with Gasteiger partial charge < -0.3 is 0 Å². The molecule has 21 heavy (non-hydrogen) atoms. The van der Waals surface area contributed by atoms with Crippen molar-refractivity contribution in [1.29, 1.82) is 26.3 Å². The van der Waals surface area contributed by atoms with E-state index >= 15 is 0 Å². The molecule has 0 aliphatic carbocycles. The SMILES string of the molecule is N#C[C](=O)[Fe]([C](=O)C#N)([C](=O)C#N)([C](=O)C#N)[C](=O)C#N. The first-order valence-corrected chi connectivity index (χ1v) is 7.03. The van der Waals surface area contributed by atoms with Crippen molar-refractivity contribution in [3.8, 4) is 30.3 Å². The number of hydrogen-bond donors (Lipinski definition) is 0. The normalized spacial score (nSPS) is 10.7. The third kappa shape index (κ3) is 1.56. The molecule has 0 fully saturated rings. The van der Waals surface area contributed by atoms with Gasteiger partial charge >= 0.3 is 116 Å². The van der Waals surface area contributed by atoms with E-state index in [1.165, 1.54) is 0 Å². The second kappa shape index (κ2) is 5.53. The maximum absolute atomic E-state index is 11.8. The van der Waals surface area contributed by atoms with Crippen LogP contribution in [-0.4, -0.2) is 23.4 Å². The van der Waals surface area contributed by atoms with E-state index in [0.29, 0.717) is 30.3 Å². The first-order valence-electron chi connectivity index (χ1n) is 4.27. The van der Waals surface area contributed by atoms with Crippen LogP contribution >= 0.6 is 0 Å². The fourth-order valence-corrected chi connectivity index (χ4v) is 4.64. The fourth-order valence-electron chi connectivity index (χ4n) is 1.12. The van der Waals surface area contributed by atoms with Crippen molar-refractivity contribution >= 4 is 23.4 Å². The van der Waals surface area contributed by atoms with E-state index in [1.807, 2.05) is 0 Å². The van der Waals surface area contributed by atoms with Gasteiger partial charge in [-0.05, 0) is 0 Å². The Morgan fingerprint density at radius 3 is 0.714 bits per heavy atom. The molecule has 0 saturated heterocycles. The molecule has 0 atom stereocenters. The van der Waals surface area contributed by atoms with Crippen molar-refractivity contribution < 1.29 is 35.8 Å². The molecule has 0 aliphatic heterocycles. The summed E-state index contributed by atoms with van der Waals surface area (Å²) in [5.41, 5.74) is 0. The summed E-state index contributed by atoms with van der Waals surface area (Å²) in [4.78, 5) is 58.9. The van der Waals surface area contributed by atoms with Crippen LogP contribution in [0.15, 0.2) is 0 Å². The van der Waals surface area contributed by atoms with E-state index in [1.54, 1.807) is 0 Å². The summed E-state index contributed by atoms with van der Waals surface area (Å²) in [5, 5.41) is 43.0. The van der Waals surface area contributed by atoms with Crippen molar-refractivity contribution in [2.24, 2.45) is 0 Å². The first kappa shape index (κ1) is 17.3. The molecule has 0 aromatic heterocycles. The number of hydrogen-bond acceptors (Lipinski definition) is 10. The number of carbonyl (C=O) groups is 5. The molecule has 11 heteroatoms. The average molecular weight is 326 g/mol. The molecule has 0 unspecified atom stereocenters. The van der Waals surface area contributed by atoms with Crippen LogP contribution in [0.25, 0.3) is 0 Å². The van der Waals surface area contributed by atoms with Gasteiger partial charge in [0.25, 0.3) is 0 Å². The van der Waals surface area contributed by atoms with Crippen LogP contribution in [0.5, 0.6) is 0 Å². The van der Waals surface area contributed by atoms with Crippen LogP contribution in [0.3, 0.4) is 0 Å². The van der Waals surface area contributed by atoms with Gasteiger partial charge in [0.05, 0.1) is 0 Å². The molecule has 0 aromatic rings. The minimum absolute atomic E-state index is 0.644. The van der Waals surface area contributed by atoms with E-state index in [2.05, 4.69) is 0 Å². The van der Waals surface area contributed by atoms with E-state index in [-0.39, 0.29) is 0 Å². The Labute approximate surface area is 116 Å². The third-order valence-corrected chi connectivity index (χ3v) is 7.66. The van der Waals surface area contributed by atoms with Gasteiger partial charge in [0.15, 0.2) is 0 Å². The zero-order valence-electron chi connectivity index (χ0n) is 9.63. The summed E-state index contributed by atoms with van der Waals surface area (Å²) >= 11 is -7.03. The predicted molar refractivity (Wildman–Crippen MR) is 53.1 cm³/mol. The summed E-state index contributed by atoms with van der Waals surface area (Å²) in [6.07, 6.45) is 0. The van der Waals surface area contributed by atoms with Crippen molar-refractivity contribution in [1.82, 2.24) is 0 Å². The predicted octanol–water partition coefficient (Wildman–Crippen LogP) is -2.07. The summed E-state index contributed by atoms with van der Waals surface area (Å²) in [6.45, 7) is 0. The molecule has 0 aromatic carbocycles. The van der Waals surface area contributed by atoms with Crippen molar-refractivity contribution in [3.63, 3.8) is 0 Å². The average Bonchev–Trinajstić information content (AvgIpc) is 2.53. The summed E-state index contributed by atoms with van der Waals surface area (Å²) in [7, 11) is 0. The van der Waals surface area contributed by atoms with E-state index < -0.39 is 35.2 Å². The molecule has 0 spiro atoms. The minimum atomic E-state index is -7.03. The topological polar surface area (TPSA) is 204 Å². The molecule has 0 N–H and O–H groups in total. The Kier molecular flexibility index (Phi) is 4.56. The van der Waals surface area contributed by atoms with Gasteiger partial charge in [-0.2, -0.15) is 0 Å². The summed E-state index contributed by atoms with van der Waals surface area (Å²) in [5.74, 6) is 0. The van der Waals surface area contributed by atoms with Crippen molar-refractivity contribution in [2.75, 3.05) is 0 Å². The zero-order valence-corrected chi connectivity index (χ0v) is 10.7. The number of nitrogens with zero attached hydrogens (tertiary/aromatic N) is 5. The van der Waals surface area contributed by atoms with Crippen LogP contribution in [0.4, 0.5) is 0 Å². The number of carbonyl (C=O) groups excluding carboxylic acids is 5. The molecular formula is C10FeN5O5. The molecule has 0 heterocycles. The molecule has 0 aliphatic rings. The number of rotatable bonds is 5. The Bertz CT molecular complexity index is 654.